The van der Waals surface area contributed by atoms with E-state index in [1.165, 1.54) is 0 Å². The molecule has 1 aromatic heterocycles. The molecule has 1 heterocycles. The lowest BCUT2D eigenvalue weighted by Gasteiger charge is -2.26. The summed E-state index contributed by atoms with van der Waals surface area (Å²) in [6, 6.07) is 24.0. The summed E-state index contributed by atoms with van der Waals surface area (Å²) in [5, 5.41) is 4.99. The van der Waals surface area contributed by atoms with Gasteiger partial charge in [0.2, 0.25) is 0 Å². The number of hydrogen-bond donors (Lipinski definition) is 2. The molecule has 36 heavy (non-hydrogen) atoms. The molecule has 4 aromatic rings. The maximum atomic E-state index is 12.9. The molecule has 0 spiro atoms. The topological polar surface area (TPSA) is 66.6 Å². The number of rotatable bonds is 9. The molecule has 7 heteroatoms. The van der Waals surface area contributed by atoms with Crippen molar-refractivity contribution in [3.63, 3.8) is 0 Å². The Hall–Kier alpha value is -3.84. The molecule has 0 bridgehead atoms. The van der Waals surface area contributed by atoms with E-state index in [2.05, 4.69) is 22.4 Å². The van der Waals surface area contributed by atoms with Gasteiger partial charge in [-0.3, -0.25) is 4.79 Å². The SMILES string of the molecule is COc1ccc(CCNC(=S)N(Cc2ccccc2)Cc2cc3cccc(C)c3[nH]c2=O)cc1OC. The highest BCUT2D eigenvalue weighted by molar-refractivity contribution is 7.80. The van der Waals surface area contributed by atoms with Gasteiger partial charge in [0.1, 0.15) is 0 Å². The summed E-state index contributed by atoms with van der Waals surface area (Å²) in [7, 11) is 3.26. The van der Waals surface area contributed by atoms with E-state index in [1.807, 2.05) is 72.5 Å². The summed E-state index contributed by atoms with van der Waals surface area (Å²) >= 11 is 5.80. The van der Waals surface area contributed by atoms with Crippen molar-refractivity contribution in [2.24, 2.45) is 0 Å². The van der Waals surface area contributed by atoms with E-state index in [9.17, 15) is 4.79 Å². The molecular weight excluding hydrogens is 470 g/mol. The van der Waals surface area contributed by atoms with Crippen molar-refractivity contribution >= 4 is 28.2 Å². The molecule has 6 nitrogen and oxygen atoms in total. The van der Waals surface area contributed by atoms with E-state index in [4.69, 9.17) is 21.7 Å². The van der Waals surface area contributed by atoms with Crippen molar-refractivity contribution in [3.8, 4) is 11.5 Å². The second-order valence-electron chi connectivity index (χ2n) is 8.68. The van der Waals surface area contributed by atoms with E-state index in [0.717, 1.165) is 34.0 Å². The van der Waals surface area contributed by atoms with Crippen molar-refractivity contribution in [1.82, 2.24) is 15.2 Å². The van der Waals surface area contributed by atoms with Gasteiger partial charge in [-0.1, -0.05) is 54.6 Å². The smallest absolute Gasteiger partial charge is 0.253 e. The molecule has 0 unspecified atom stereocenters. The number of methoxy groups -OCH3 is 2. The summed E-state index contributed by atoms with van der Waals surface area (Å²) < 4.78 is 10.7. The predicted molar refractivity (Wildman–Crippen MR) is 149 cm³/mol. The normalized spacial score (nSPS) is 10.8. The van der Waals surface area contributed by atoms with E-state index in [1.54, 1.807) is 14.2 Å². The van der Waals surface area contributed by atoms with Crippen LogP contribution in [0.25, 0.3) is 10.9 Å². The number of thiocarbonyl (C=S) groups is 1. The van der Waals surface area contributed by atoms with Crippen LogP contribution in [-0.2, 0) is 19.5 Å². The van der Waals surface area contributed by atoms with Gasteiger partial charge in [0.15, 0.2) is 16.6 Å². The fourth-order valence-corrected chi connectivity index (χ4v) is 4.45. The molecule has 0 radical (unpaired) electrons. The molecule has 186 valence electrons. The van der Waals surface area contributed by atoms with Gasteiger partial charge in [0.25, 0.3) is 5.56 Å². The molecule has 0 aliphatic carbocycles. The Morgan fingerprint density at radius 2 is 1.69 bits per heavy atom. The summed E-state index contributed by atoms with van der Waals surface area (Å²) in [5.41, 5.74) is 4.73. The lowest BCUT2D eigenvalue weighted by atomic mass is 10.1. The van der Waals surface area contributed by atoms with Crippen LogP contribution < -0.4 is 20.3 Å². The minimum absolute atomic E-state index is 0.0945. The van der Waals surface area contributed by atoms with Crippen LogP contribution in [0.2, 0.25) is 0 Å². The molecule has 0 amide bonds. The largest absolute Gasteiger partial charge is 0.493 e. The summed E-state index contributed by atoms with van der Waals surface area (Å²) in [4.78, 5) is 18.0. The Morgan fingerprint density at radius 3 is 2.44 bits per heavy atom. The molecule has 4 rings (SSSR count). The average molecular weight is 502 g/mol. The standard InChI is InChI=1S/C29H31N3O3S/c1-20-8-7-11-23-17-24(28(33)31-27(20)23)19-32(18-22-9-5-4-6-10-22)29(36)30-15-14-21-12-13-25(34-2)26(16-21)35-3/h4-13,16-17H,14-15,18-19H2,1-3H3,(H,30,36)(H,31,33). The minimum atomic E-state index is -0.0945. The Morgan fingerprint density at radius 1 is 0.917 bits per heavy atom. The van der Waals surface area contributed by atoms with Gasteiger partial charge in [-0.2, -0.15) is 0 Å². The van der Waals surface area contributed by atoms with Gasteiger partial charge in [0.05, 0.1) is 26.3 Å². The second-order valence-corrected chi connectivity index (χ2v) is 9.06. The van der Waals surface area contributed by atoms with Gasteiger partial charge in [-0.15, -0.1) is 0 Å². The lowest BCUT2D eigenvalue weighted by molar-refractivity contribution is 0.354. The summed E-state index contributed by atoms with van der Waals surface area (Å²) in [5.74, 6) is 1.41. The third-order valence-corrected chi connectivity index (χ3v) is 6.57. The monoisotopic (exact) mass is 501 g/mol. The molecule has 2 N–H and O–H groups in total. The van der Waals surface area contributed by atoms with E-state index < -0.39 is 0 Å². The van der Waals surface area contributed by atoms with Crippen molar-refractivity contribution in [3.05, 3.63) is 105 Å². The molecule has 3 aromatic carbocycles. The highest BCUT2D eigenvalue weighted by atomic mass is 32.1. The van der Waals surface area contributed by atoms with Crippen molar-refractivity contribution < 1.29 is 9.47 Å². The van der Waals surface area contributed by atoms with Gasteiger partial charge in [-0.25, -0.2) is 0 Å². The molecule has 0 saturated heterocycles. The quantitative estimate of drug-likeness (QED) is 0.316. The molecule has 0 fully saturated rings. The number of pyridine rings is 1. The number of nitrogens with zero attached hydrogens (tertiary/aromatic N) is 1. The van der Waals surface area contributed by atoms with Crippen molar-refractivity contribution in [1.29, 1.82) is 0 Å². The summed E-state index contributed by atoms with van der Waals surface area (Å²) in [6.45, 7) is 3.63. The second kappa shape index (κ2) is 11.7. The third-order valence-electron chi connectivity index (χ3n) is 6.17. The maximum Gasteiger partial charge on any atom is 0.253 e. The van der Waals surface area contributed by atoms with Crippen LogP contribution in [-0.4, -0.2) is 35.8 Å². The molecular formula is C29H31N3O3S. The molecule has 0 aliphatic heterocycles. The third kappa shape index (κ3) is 6.04. The first-order valence-corrected chi connectivity index (χ1v) is 12.3. The zero-order chi connectivity index (χ0) is 25.5. The number of para-hydroxylation sites is 1. The Labute approximate surface area is 216 Å². The lowest BCUT2D eigenvalue weighted by Crippen LogP contribution is -2.40. The number of fused-ring (bicyclic) bond motifs is 1. The maximum absolute atomic E-state index is 12.9. The zero-order valence-electron chi connectivity index (χ0n) is 20.8. The first kappa shape index (κ1) is 25.3. The van der Waals surface area contributed by atoms with Crippen molar-refractivity contribution in [2.75, 3.05) is 20.8 Å². The number of hydrogen-bond acceptors (Lipinski definition) is 4. The van der Waals surface area contributed by atoms with Crippen LogP contribution in [0.1, 0.15) is 22.3 Å². The van der Waals surface area contributed by atoms with Gasteiger partial charge in [0, 0.05) is 18.7 Å². The zero-order valence-corrected chi connectivity index (χ0v) is 21.7. The first-order chi connectivity index (χ1) is 17.5. The van der Waals surface area contributed by atoms with Gasteiger partial charge in [-0.05, 0) is 65.8 Å². The molecule has 0 atom stereocenters. The fraction of sp³-hybridized carbons (Fsp3) is 0.241. The van der Waals surface area contributed by atoms with Crippen LogP contribution in [0.15, 0.2) is 77.6 Å². The van der Waals surface area contributed by atoms with Gasteiger partial charge >= 0.3 is 0 Å². The number of nitrogens with one attached hydrogen (secondary N) is 2. The number of aromatic nitrogens is 1. The first-order valence-electron chi connectivity index (χ1n) is 11.9. The van der Waals surface area contributed by atoms with E-state index in [-0.39, 0.29) is 5.56 Å². The number of ether oxygens (including phenoxy) is 2. The van der Waals surface area contributed by atoms with Gasteiger partial charge < -0.3 is 24.7 Å². The van der Waals surface area contributed by atoms with Crippen LogP contribution in [0.3, 0.4) is 0 Å². The minimum Gasteiger partial charge on any atom is -0.493 e. The summed E-state index contributed by atoms with van der Waals surface area (Å²) in [6.07, 6.45) is 0.759. The predicted octanol–water partition coefficient (Wildman–Crippen LogP) is 4.97. The van der Waals surface area contributed by atoms with Crippen molar-refractivity contribution in [2.45, 2.75) is 26.4 Å². The Balaban J connectivity index is 1.50. The van der Waals surface area contributed by atoms with Crippen LogP contribution in [0.5, 0.6) is 11.5 Å². The highest BCUT2D eigenvalue weighted by Gasteiger charge is 2.15. The number of H-pyrrole nitrogens is 1. The number of aryl methyl sites for hydroxylation is 1. The van der Waals surface area contributed by atoms with Crippen LogP contribution in [0, 0.1) is 6.92 Å². The Kier molecular flexibility index (Phi) is 8.23. The highest BCUT2D eigenvalue weighted by Crippen LogP contribution is 2.27. The van der Waals surface area contributed by atoms with Crippen LogP contribution in [0.4, 0.5) is 0 Å². The number of benzene rings is 3. The van der Waals surface area contributed by atoms with Crippen LogP contribution >= 0.6 is 12.2 Å². The molecule has 0 saturated carbocycles. The molecule has 0 aliphatic rings. The fourth-order valence-electron chi connectivity index (χ4n) is 4.22. The Bertz CT molecular complexity index is 1400. The van der Waals surface area contributed by atoms with E-state index >= 15 is 0 Å². The van der Waals surface area contributed by atoms with E-state index in [0.29, 0.717) is 41.8 Å². The number of aromatic amines is 1. The average Bonchev–Trinajstić information content (AvgIpc) is 2.89.